The minimum Gasteiger partial charge on any atom is -0.319 e. The summed E-state index contributed by atoms with van der Waals surface area (Å²) in [7, 11) is 0. The number of H-pyrrole nitrogens is 1. The molecule has 1 aromatic heterocycles. The van der Waals surface area contributed by atoms with Crippen molar-refractivity contribution in [2.75, 3.05) is 5.43 Å². The average molecular weight is 237 g/mol. The zero-order valence-electron chi connectivity index (χ0n) is 8.20. The molecule has 0 aliphatic carbocycles. The van der Waals surface area contributed by atoms with Gasteiger partial charge in [0.15, 0.2) is 0 Å². The number of aromatic amines is 1. The number of rotatable bonds is 2. The van der Waals surface area contributed by atoms with Crippen LogP contribution in [0.2, 0.25) is 5.02 Å². The number of nitrogens with zero attached hydrogens (tertiary/aromatic N) is 1. The Morgan fingerprint density at radius 3 is 2.81 bits per heavy atom. The summed E-state index contributed by atoms with van der Waals surface area (Å²) in [4.78, 5) is 11.2. The summed E-state index contributed by atoms with van der Waals surface area (Å²) in [5, 5.41) is 6.80. The Bertz CT molecular complexity index is 567. The van der Waals surface area contributed by atoms with Crippen molar-refractivity contribution in [2.45, 2.75) is 0 Å². The van der Waals surface area contributed by atoms with Gasteiger partial charge < -0.3 is 5.43 Å². The van der Waals surface area contributed by atoms with Crippen molar-refractivity contribution in [3.8, 4) is 11.3 Å². The van der Waals surface area contributed by atoms with Crippen LogP contribution in [0, 0.1) is 0 Å². The third-order valence-electron chi connectivity index (χ3n) is 2.11. The predicted molar refractivity (Wildman–Crippen MR) is 63.1 cm³/mol. The van der Waals surface area contributed by atoms with Crippen molar-refractivity contribution in [3.05, 3.63) is 45.7 Å². The van der Waals surface area contributed by atoms with Gasteiger partial charge in [-0.25, -0.2) is 5.10 Å². The van der Waals surface area contributed by atoms with Gasteiger partial charge in [0, 0.05) is 5.56 Å². The van der Waals surface area contributed by atoms with Crippen LogP contribution < -0.4 is 16.8 Å². The minimum atomic E-state index is -0.377. The Labute approximate surface area is 96.2 Å². The lowest BCUT2D eigenvalue weighted by Crippen LogP contribution is -2.19. The predicted octanol–water partition coefficient (Wildman–Crippen LogP) is 1.38. The molecule has 0 fully saturated rings. The number of aromatic nitrogens is 2. The monoisotopic (exact) mass is 236 g/mol. The summed E-state index contributed by atoms with van der Waals surface area (Å²) >= 11 is 6.01. The highest BCUT2D eigenvalue weighted by molar-refractivity contribution is 6.33. The maximum atomic E-state index is 11.2. The van der Waals surface area contributed by atoms with Gasteiger partial charge in [-0.15, -0.1) is 0 Å². The van der Waals surface area contributed by atoms with Gasteiger partial charge in [-0.2, -0.15) is 5.10 Å². The van der Waals surface area contributed by atoms with E-state index in [0.717, 1.165) is 5.56 Å². The molecule has 0 aliphatic heterocycles. The topological polar surface area (TPSA) is 83.8 Å². The third kappa shape index (κ3) is 1.91. The molecule has 0 atom stereocenters. The molecule has 16 heavy (non-hydrogen) atoms. The number of anilines is 1. The smallest absolute Gasteiger partial charge is 0.288 e. The molecule has 1 aromatic carbocycles. The maximum Gasteiger partial charge on any atom is 0.288 e. The molecule has 0 bridgehead atoms. The van der Waals surface area contributed by atoms with Crippen LogP contribution in [0.25, 0.3) is 11.3 Å². The van der Waals surface area contributed by atoms with Crippen LogP contribution in [0.3, 0.4) is 0 Å². The molecule has 0 saturated carbocycles. The number of hydrazine groups is 1. The van der Waals surface area contributed by atoms with E-state index in [1.54, 1.807) is 12.1 Å². The molecule has 82 valence electrons. The summed E-state index contributed by atoms with van der Waals surface area (Å²) in [6.45, 7) is 0. The summed E-state index contributed by atoms with van der Waals surface area (Å²) in [5.41, 5.74) is 3.45. The van der Waals surface area contributed by atoms with Gasteiger partial charge in [0.1, 0.15) is 5.69 Å². The van der Waals surface area contributed by atoms with Crippen LogP contribution in [-0.2, 0) is 0 Å². The largest absolute Gasteiger partial charge is 0.319 e. The summed E-state index contributed by atoms with van der Waals surface area (Å²) in [5.74, 6) is 5.20. The van der Waals surface area contributed by atoms with Crippen molar-refractivity contribution in [1.29, 1.82) is 0 Å². The van der Waals surface area contributed by atoms with Crippen molar-refractivity contribution < 1.29 is 0 Å². The lowest BCUT2D eigenvalue weighted by atomic mass is 10.1. The van der Waals surface area contributed by atoms with Crippen molar-refractivity contribution in [1.82, 2.24) is 10.2 Å². The molecular formula is C10H9ClN4O. The van der Waals surface area contributed by atoms with Gasteiger partial charge >= 0.3 is 0 Å². The normalized spacial score (nSPS) is 10.1. The van der Waals surface area contributed by atoms with Crippen LogP contribution >= 0.6 is 11.6 Å². The van der Waals surface area contributed by atoms with Crippen molar-refractivity contribution >= 4 is 17.3 Å². The lowest BCUT2D eigenvalue weighted by Gasteiger charge is -2.04. The lowest BCUT2D eigenvalue weighted by molar-refractivity contribution is 0.992. The molecule has 0 unspecified atom stereocenters. The maximum absolute atomic E-state index is 11.2. The van der Waals surface area contributed by atoms with Gasteiger partial charge in [0.25, 0.3) is 5.56 Å². The van der Waals surface area contributed by atoms with Crippen molar-refractivity contribution in [2.24, 2.45) is 5.84 Å². The molecule has 0 aliphatic rings. The molecule has 0 spiro atoms. The number of hydrogen-bond donors (Lipinski definition) is 3. The minimum absolute atomic E-state index is 0.241. The quantitative estimate of drug-likeness (QED) is 0.543. The van der Waals surface area contributed by atoms with Gasteiger partial charge in [-0.05, 0) is 12.1 Å². The molecule has 0 radical (unpaired) electrons. The van der Waals surface area contributed by atoms with E-state index < -0.39 is 0 Å². The van der Waals surface area contributed by atoms with Gasteiger partial charge in [-0.3, -0.25) is 10.6 Å². The average Bonchev–Trinajstić information content (AvgIpc) is 2.31. The highest BCUT2D eigenvalue weighted by Crippen LogP contribution is 2.25. The first-order valence-corrected chi connectivity index (χ1v) is 4.91. The van der Waals surface area contributed by atoms with Crippen LogP contribution in [0.1, 0.15) is 0 Å². The van der Waals surface area contributed by atoms with Crippen molar-refractivity contribution in [3.63, 3.8) is 0 Å². The van der Waals surface area contributed by atoms with E-state index in [1.807, 2.05) is 18.2 Å². The second-order valence-electron chi connectivity index (χ2n) is 3.12. The number of benzene rings is 1. The van der Waals surface area contributed by atoms with Gasteiger partial charge in [-0.1, -0.05) is 29.8 Å². The Kier molecular flexibility index (Phi) is 2.89. The SMILES string of the molecule is NNc1cc(-c2ccccc2Cl)n[nH]c1=O. The van der Waals surface area contributed by atoms with Crippen LogP contribution in [0.15, 0.2) is 35.1 Å². The fraction of sp³-hybridized carbons (Fsp3) is 0. The van der Waals surface area contributed by atoms with Gasteiger partial charge in [0.05, 0.1) is 10.7 Å². The Balaban J connectivity index is 2.57. The second-order valence-corrected chi connectivity index (χ2v) is 3.53. The van der Waals surface area contributed by atoms with Gasteiger partial charge in [0.2, 0.25) is 0 Å². The van der Waals surface area contributed by atoms with E-state index in [9.17, 15) is 4.79 Å². The number of nitrogen functional groups attached to an aromatic ring is 1. The van der Waals surface area contributed by atoms with Crippen LogP contribution in [-0.4, -0.2) is 10.2 Å². The highest BCUT2D eigenvalue weighted by atomic mass is 35.5. The van der Waals surface area contributed by atoms with E-state index in [-0.39, 0.29) is 11.2 Å². The summed E-state index contributed by atoms with van der Waals surface area (Å²) in [6.07, 6.45) is 0. The number of nitrogens with one attached hydrogen (secondary N) is 2. The zero-order valence-corrected chi connectivity index (χ0v) is 8.95. The molecule has 6 heteroatoms. The first-order valence-electron chi connectivity index (χ1n) is 4.53. The Morgan fingerprint density at radius 2 is 2.12 bits per heavy atom. The van der Waals surface area contributed by atoms with E-state index in [1.165, 1.54) is 0 Å². The zero-order chi connectivity index (χ0) is 11.5. The molecule has 4 N–H and O–H groups in total. The molecule has 5 nitrogen and oxygen atoms in total. The van der Waals surface area contributed by atoms with E-state index in [2.05, 4.69) is 15.6 Å². The van der Waals surface area contributed by atoms with E-state index in [0.29, 0.717) is 10.7 Å². The van der Waals surface area contributed by atoms with Crippen LogP contribution in [0.4, 0.5) is 5.69 Å². The standard InChI is InChI=1S/C10H9ClN4O/c11-7-4-2-1-3-6(7)8-5-9(13-12)10(16)15-14-8/h1-5H,12H2,(H,13,14)(H,15,16). The second kappa shape index (κ2) is 4.34. The number of halogens is 1. The number of nitrogens with two attached hydrogens (primary N) is 1. The number of hydrogen-bond acceptors (Lipinski definition) is 4. The summed E-state index contributed by atoms with van der Waals surface area (Å²) in [6, 6.07) is 8.76. The molecule has 0 amide bonds. The molecule has 2 rings (SSSR count). The first kappa shape index (κ1) is 10.7. The molecule has 2 aromatic rings. The highest BCUT2D eigenvalue weighted by Gasteiger charge is 2.06. The first-order chi connectivity index (χ1) is 7.72. The third-order valence-corrected chi connectivity index (χ3v) is 2.44. The van der Waals surface area contributed by atoms with E-state index in [4.69, 9.17) is 17.4 Å². The fourth-order valence-electron chi connectivity index (χ4n) is 1.32. The fourth-order valence-corrected chi connectivity index (χ4v) is 1.55. The molecule has 0 saturated heterocycles. The molecule has 1 heterocycles. The van der Waals surface area contributed by atoms with Crippen LogP contribution in [0.5, 0.6) is 0 Å². The summed E-state index contributed by atoms with van der Waals surface area (Å²) < 4.78 is 0. The Morgan fingerprint density at radius 1 is 1.38 bits per heavy atom. The van der Waals surface area contributed by atoms with E-state index >= 15 is 0 Å². The Hall–Kier alpha value is -1.85. The molecular weight excluding hydrogens is 228 g/mol.